The molecule has 0 fully saturated rings. The summed E-state index contributed by atoms with van der Waals surface area (Å²) in [4.78, 5) is 4.25. The summed E-state index contributed by atoms with van der Waals surface area (Å²) < 4.78 is 6.02. The number of ether oxygens (including phenoxy) is 1. The molecule has 0 bridgehead atoms. The predicted molar refractivity (Wildman–Crippen MR) is 83.0 cm³/mol. The maximum atomic E-state index is 6.06. The van der Waals surface area contributed by atoms with E-state index in [4.69, 9.17) is 10.5 Å². The first kappa shape index (κ1) is 13.1. The van der Waals surface area contributed by atoms with Crippen LogP contribution in [0, 0.1) is 0 Å². The number of rotatable bonds is 4. The van der Waals surface area contributed by atoms with Gasteiger partial charge in [0.1, 0.15) is 12.4 Å². The Hall–Kier alpha value is -1.91. The SMILES string of the molecule is C[C@H](N)c1ccc2ccccc2c1OCc1cscn1. The van der Waals surface area contributed by atoms with Gasteiger partial charge >= 0.3 is 0 Å². The minimum atomic E-state index is -0.0648. The van der Waals surface area contributed by atoms with Crippen LogP contribution in [-0.2, 0) is 6.61 Å². The Morgan fingerprint density at radius 3 is 2.85 bits per heavy atom. The van der Waals surface area contributed by atoms with E-state index >= 15 is 0 Å². The Balaban J connectivity index is 2.03. The van der Waals surface area contributed by atoms with Crippen molar-refractivity contribution in [3.63, 3.8) is 0 Å². The molecule has 1 atom stereocenters. The highest BCUT2D eigenvalue weighted by molar-refractivity contribution is 7.07. The molecular formula is C16H16N2OS. The average molecular weight is 284 g/mol. The van der Waals surface area contributed by atoms with Crippen LogP contribution in [0.25, 0.3) is 10.8 Å². The third-order valence-electron chi connectivity index (χ3n) is 3.25. The topological polar surface area (TPSA) is 48.1 Å². The third kappa shape index (κ3) is 2.53. The van der Waals surface area contributed by atoms with Crippen LogP contribution in [0.5, 0.6) is 5.75 Å². The number of benzene rings is 2. The highest BCUT2D eigenvalue weighted by Crippen LogP contribution is 2.33. The van der Waals surface area contributed by atoms with Crippen LogP contribution in [-0.4, -0.2) is 4.98 Å². The summed E-state index contributed by atoms with van der Waals surface area (Å²) in [6.45, 7) is 2.44. The number of hydrogen-bond donors (Lipinski definition) is 1. The molecule has 2 aromatic carbocycles. The van der Waals surface area contributed by atoms with Gasteiger partial charge in [0.05, 0.1) is 11.2 Å². The molecule has 0 saturated heterocycles. The highest BCUT2D eigenvalue weighted by Gasteiger charge is 2.12. The standard InChI is InChI=1S/C16H16N2OS/c1-11(17)14-7-6-12-4-2-3-5-15(12)16(14)19-8-13-9-20-10-18-13/h2-7,9-11H,8,17H2,1H3/t11-/m0/s1. The molecule has 1 aromatic heterocycles. The second kappa shape index (κ2) is 5.61. The fourth-order valence-electron chi connectivity index (χ4n) is 2.23. The normalized spacial score (nSPS) is 12.5. The predicted octanol–water partition coefficient (Wildman–Crippen LogP) is 3.90. The lowest BCUT2D eigenvalue weighted by Crippen LogP contribution is -2.08. The molecule has 1 heterocycles. The number of aromatic nitrogens is 1. The smallest absolute Gasteiger partial charge is 0.132 e. The molecule has 0 aliphatic heterocycles. The molecule has 4 heteroatoms. The number of nitrogens with zero attached hydrogens (tertiary/aromatic N) is 1. The first-order chi connectivity index (χ1) is 9.75. The number of thiazole rings is 1. The van der Waals surface area contributed by atoms with Crippen molar-refractivity contribution in [2.24, 2.45) is 5.73 Å². The van der Waals surface area contributed by atoms with Crippen LogP contribution in [0.2, 0.25) is 0 Å². The fraction of sp³-hybridized carbons (Fsp3) is 0.188. The van der Waals surface area contributed by atoms with Gasteiger partial charge in [-0.1, -0.05) is 36.4 Å². The molecule has 3 aromatic rings. The van der Waals surface area contributed by atoms with Gasteiger partial charge in [0, 0.05) is 22.4 Å². The van der Waals surface area contributed by atoms with E-state index in [0.717, 1.165) is 27.8 Å². The fourth-order valence-corrected chi connectivity index (χ4v) is 2.78. The van der Waals surface area contributed by atoms with Crippen molar-refractivity contribution in [1.29, 1.82) is 0 Å². The molecule has 20 heavy (non-hydrogen) atoms. The van der Waals surface area contributed by atoms with E-state index < -0.39 is 0 Å². The molecule has 0 aliphatic rings. The van der Waals surface area contributed by atoms with Gasteiger partial charge in [0.25, 0.3) is 0 Å². The Bertz CT molecular complexity index is 708. The summed E-state index contributed by atoms with van der Waals surface area (Å²) in [5, 5.41) is 4.25. The lowest BCUT2D eigenvalue weighted by Gasteiger charge is -2.16. The Labute approximate surface area is 122 Å². The van der Waals surface area contributed by atoms with Gasteiger partial charge < -0.3 is 10.5 Å². The van der Waals surface area contributed by atoms with Crippen molar-refractivity contribution in [2.45, 2.75) is 19.6 Å². The molecule has 0 amide bonds. The van der Waals surface area contributed by atoms with E-state index in [1.54, 1.807) is 11.3 Å². The largest absolute Gasteiger partial charge is 0.486 e. The molecule has 3 rings (SSSR count). The van der Waals surface area contributed by atoms with E-state index in [1.165, 1.54) is 0 Å². The Morgan fingerprint density at radius 2 is 2.10 bits per heavy atom. The van der Waals surface area contributed by atoms with Crippen LogP contribution in [0.4, 0.5) is 0 Å². The molecule has 102 valence electrons. The molecule has 0 spiro atoms. The zero-order chi connectivity index (χ0) is 13.9. The minimum absolute atomic E-state index is 0.0648. The van der Waals surface area contributed by atoms with Gasteiger partial charge in [-0.15, -0.1) is 11.3 Å². The lowest BCUT2D eigenvalue weighted by molar-refractivity contribution is 0.301. The van der Waals surface area contributed by atoms with Crippen molar-refractivity contribution in [2.75, 3.05) is 0 Å². The number of fused-ring (bicyclic) bond motifs is 1. The first-order valence-corrected chi connectivity index (χ1v) is 7.47. The summed E-state index contributed by atoms with van der Waals surface area (Å²) in [7, 11) is 0. The maximum Gasteiger partial charge on any atom is 0.132 e. The van der Waals surface area contributed by atoms with Crippen LogP contribution in [0.3, 0.4) is 0 Å². The van der Waals surface area contributed by atoms with Gasteiger partial charge in [0.15, 0.2) is 0 Å². The summed E-state index contributed by atoms with van der Waals surface area (Å²) >= 11 is 1.57. The molecule has 0 saturated carbocycles. The Morgan fingerprint density at radius 1 is 1.25 bits per heavy atom. The molecule has 3 nitrogen and oxygen atoms in total. The van der Waals surface area contributed by atoms with Gasteiger partial charge in [0.2, 0.25) is 0 Å². The quantitative estimate of drug-likeness (QED) is 0.790. The van der Waals surface area contributed by atoms with Crippen LogP contribution >= 0.6 is 11.3 Å². The zero-order valence-corrected chi connectivity index (χ0v) is 12.1. The van der Waals surface area contributed by atoms with E-state index in [1.807, 2.05) is 36.0 Å². The van der Waals surface area contributed by atoms with E-state index in [9.17, 15) is 0 Å². The van der Waals surface area contributed by atoms with E-state index in [-0.39, 0.29) is 6.04 Å². The van der Waals surface area contributed by atoms with Crippen LogP contribution in [0.1, 0.15) is 24.2 Å². The molecule has 0 aliphatic carbocycles. The molecule has 0 unspecified atom stereocenters. The van der Waals surface area contributed by atoms with Crippen LogP contribution < -0.4 is 10.5 Å². The number of hydrogen-bond acceptors (Lipinski definition) is 4. The van der Waals surface area contributed by atoms with Crippen molar-refractivity contribution < 1.29 is 4.74 Å². The summed E-state index contributed by atoms with van der Waals surface area (Å²) in [5.41, 5.74) is 9.84. The maximum absolute atomic E-state index is 6.06. The van der Waals surface area contributed by atoms with Gasteiger partial charge in [-0.3, -0.25) is 0 Å². The average Bonchev–Trinajstić information content (AvgIpc) is 2.97. The molecule has 2 N–H and O–H groups in total. The number of nitrogens with two attached hydrogens (primary N) is 1. The second-order valence-electron chi connectivity index (χ2n) is 4.76. The minimum Gasteiger partial charge on any atom is -0.486 e. The summed E-state index contributed by atoms with van der Waals surface area (Å²) in [6.07, 6.45) is 0. The van der Waals surface area contributed by atoms with Crippen molar-refractivity contribution in [3.05, 3.63) is 58.5 Å². The molecular weight excluding hydrogens is 268 g/mol. The second-order valence-corrected chi connectivity index (χ2v) is 5.48. The Kier molecular flexibility index (Phi) is 3.67. The molecule has 0 radical (unpaired) electrons. The van der Waals surface area contributed by atoms with Gasteiger partial charge in [-0.2, -0.15) is 0 Å². The monoisotopic (exact) mass is 284 g/mol. The van der Waals surface area contributed by atoms with E-state index in [0.29, 0.717) is 6.61 Å². The van der Waals surface area contributed by atoms with E-state index in [2.05, 4.69) is 23.2 Å². The summed E-state index contributed by atoms with van der Waals surface area (Å²) in [5.74, 6) is 0.867. The van der Waals surface area contributed by atoms with Crippen LogP contribution in [0.15, 0.2) is 47.3 Å². The van der Waals surface area contributed by atoms with Crippen molar-refractivity contribution in [1.82, 2.24) is 4.98 Å². The highest BCUT2D eigenvalue weighted by atomic mass is 32.1. The zero-order valence-electron chi connectivity index (χ0n) is 11.2. The third-order valence-corrected chi connectivity index (χ3v) is 3.88. The first-order valence-electron chi connectivity index (χ1n) is 6.53. The van der Waals surface area contributed by atoms with Gasteiger partial charge in [-0.25, -0.2) is 4.98 Å². The van der Waals surface area contributed by atoms with Gasteiger partial charge in [-0.05, 0) is 12.3 Å². The summed E-state index contributed by atoms with van der Waals surface area (Å²) in [6, 6.07) is 12.3. The van der Waals surface area contributed by atoms with Crippen molar-refractivity contribution >= 4 is 22.1 Å². The lowest BCUT2D eigenvalue weighted by atomic mass is 10.0. The van der Waals surface area contributed by atoms with Crippen molar-refractivity contribution in [3.8, 4) is 5.75 Å².